The van der Waals surface area contributed by atoms with Crippen LogP contribution in [-0.4, -0.2) is 9.13 Å². The third kappa shape index (κ3) is 4.50. The summed E-state index contributed by atoms with van der Waals surface area (Å²) in [4.78, 5) is 0. The number of benzene rings is 8. The molecule has 0 radical (unpaired) electrons. The first-order valence-corrected chi connectivity index (χ1v) is 17.2. The molecule has 2 heterocycles. The maximum Gasteiger partial charge on any atom is 0.0547 e. The zero-order valence-corrected chi connectivity index (χ0v) is 27.4. The number of rotatable bonds is 5. The molecule has 10 rings (SSSR count). The highest BCUT2D eigenvalue weighted by atomic mass is 15.0. The summed E-state index contributed by atoms with van der Waals surface area (Å²) in [7, 11) is 0. The molecule has 50 heavy (non-hydrogen) atoms. The van der Waals surface area contributed by atoms with Gasteiger partial charge in [-0.3, -0.25) is 0 Å². The highest BCUT2D eigenvalue weighted by molar-refractivity contribution is 6.16. The van der Waals surface area contributed by atoms with Crippen molar-refractivity contribution in [2.24, 2.45) is 0 Å². The van der Waals surface area contributed by atoms with Crippen molar-refractivity contribution in [2.75, 3.05) is 0 Å². The van der Waals surface area contributed by atoms with Gasteiger partial charge in [-0.15, -0.1) is 0 Å². The second-order valence-corrected chi connectivity index (χ2v) is 13.0. The molecule has 0 bridgehead atoms. The zero-order chi connectivity index (χ0) is 33.0. The van der Waals surface area contributed by atoms with Crippen molar-refractivity contribution in [1.82, 2.24) is 9.13 Å². The van der Waals surface area contributed by atoms with E-state index >= 15 is 0 Å². The molecule has 2 heteroatoms. The Labute approximate surface area is 290 Å². The van der Waals surface area contributed by atoms with Gasteiger partial charge in [-0.05, 0) is 88.0 Å². The van der Waals surface area contributed by atoms with E-state index in [1.807, 2.05) is 0 Å². The molecule has 0 saturated carbocycles. The number of nitrogens with zero attached hydrogens (tertiary/aromatic N) is 2. The molecular formula is C48H32N2. The summed E-state index contributed by atoms with van der Waals surface area (Å²) in [5, 5.41) is 5.03. The molecule has 0 amide bonds. The lowest BCUT2D eigenvalue weighted by Crippen LogP contribution is -1.96. The molecular weight excluding hydrogens is 605 g/mol. The van der Waals surface area contributed by atoms with E-state index in [4.69, 9.17) is 0 Å². The lowest BCUT2D eigenvalue weighted by Gasteiger charge is -2.15. The van der Waals surface area contributed by atoms with Crippen molar-refractivity contribution in [3.05, 3.63) is 194 Å². The molecule has 8 aromatic carbocycles. The smallest absolute Gasteiger partial charge is 0.0547 e. The number of para-hydroxylation sites is 4. The fourth-order valence-electron chi connectivity index (χ4n) is 7.86. The Morgan fingerprint density at radius 3 is 1.38 bits per heavy atom. The lowest BCUT2D eigenvalue weighted by molar-refractivity contribution is 1.18. The summed E-state index contributed by atoms with van der Waals surface area (Å²) < 4.78 is 4.83. The normalized spacial score (nSPS) is 11.6. The van der Waals surface area contributed by atoms with Gasteiger partial charge in [-0.1, -0.05) is 140 Å². The molecule has 0 atom stereocenters. The van der Waals surface area contributed by atoms with E-state index in [9.17, 15) is 0 Å². The Bertz CT molecular complexity index is 2790. The summed E-state index contributed by atoms with van der Waals surface area (Å²) >= 11 is 0. The van der Waals surface area contributed by atoms with Gasteiger partial charge in [-0.2, -0.15) is 0 Å². The van der Waals surface area contributed by atoms with E-state index < -0.39 is 0 Å². The molecule has 2 aromatic heterocycles. The van der Waals surface area contributed by atoms with Crippen molar-refractivity contribution in [3.8, 4) is 44.8 Å². The Morgan fingerprint density at radius 2 is 0.720 bits per heavy atom. The number of hydrogen-bond acceptors (Lipinski definition) is 0. The molecule has 0 aliphatic carbocycles. The SMILES string of the molecule is c1ccc(-c2ccc(-c3cc(-c4cccc5c4c4ccccc4n5-c4ccccc4)cc(-n4c5ccccc5c5ccccc54)c3)cc2)cc1. The first kappa shape index (κ1) is 28.4. The zero-order valence-electron chi connectivity index (χ0n) is 27.4. The van der Waals surface area contributed by atoms with Gasteiger partial charge < -0.3 is 9.13 Å². The van der Waals surface area contributed by atoms with Crippen molar-refractivity contribution in [1.29, 1.82) is 0 Å². The molecule has 0 fully saturated rings. The van der Waals surface area contributed by atoms with Crippen LogP contribution in [0.4, 0.5) is 0 Å². The van der Waals surface area contributed by atoms with Gasteiger partial charge in [-0.25, -0.2) is 0 Å². The van der Waals surface area contributed by atoms with Crippen molar-refractivity contribution >= 4 is 43.6 Å². The topological polar surface area (TPSA) is 9.86 Å². The van der Waals surface area contributed by atoms with Gasteiger partial charge in [0.1, 0.15) is 0 Å². The Hall–Kier alpha value is -6.64. The van der Waals surface area contributed by atoms with E-state index in [2.05, 4.69) is 203 Å². The fourth-order valence-corrected chi connectivity index (χ4v) is 7.86. The third-order valence-electron chi connectivity index (χ3n) is 10.1. The van der Waals surface area contributed by atoms with E-state index in [1.54, 1.807) is 0 Å². The van der Waals surface area contributed by atoms with Crippen LogP contribution in [-0.2, 0) is 0 Å². The summed E-state index contributed by atoms with van der Waals surface area (Å²) in [5.74, 6) is 0. The van der Waals surface area contributed by atoms with E-state index in [0.717, 1.165) is 11.4 Å². The predicted molar refractivity (Wildman–Crippen MR) is 211 cm³/mol. The quantitative estimate of drug-likeness (QED) is 0.178. The molecule has 10 aromatic rings. The second kappa shape index (κ2) is 11.5. The van der Waals surface area contributed by atoms with Gasteiger partial charge in [0.15, 0.2) is 0 Å². The average Bonchev–Trinajstić information content (AvgIpc) is 3.72. The van der Waals surface area contributed by atoms with Crippen LogP contribution in [0.25, 0.3) is 88.4 Å². The van der Waals surface area contributed by atoms with E-state index in [0.29, 0.717) is 0 Å². The van der Waals surface area contributed by atoms with Crippen LogP contribution in [0.1, 0.15) is 0 Å². The number of hydrogen-bond donors (Lipinski definition) is 0. The molecule has 234 valence electrons. The first-order chi connectivity index (χ1) is 24.8. The molecule has 0 N–H and O–H groups in total. The summed E-state index contributed by atoms with van der Waals surface area (Å²) in [6, 6.07) is 70.5. The fraction of sp³-hybridized carbons (Fsp3) is 0. The Morgan fingerprint density at radius 1 is 0.260 bits per heavy atom. The van der Waals surface area contributed by atoms with Crippen LogP contribution in [0, 0.1) is 0 Å². The Balaban J connectivity index is 1.26. The monoisotopic (exact) mass is 636 g/mol. The van der Waals surface area contributed by atoms with Crippen LogP contribution >= 0.6 is 0 Å². The molecule has 0 saturated heterocycles. The number of aromatic nitrogens is 2. The maximum absolute atomic E-state index is 2.43. The second-order valence-electron chi connectivity index (χ2n) is 13.0. The lowest BCUT2D eigenvalue weighted by atomic mass is 9.94. The minimum absolute atomic E-state index is 1.14. The largest absolute Gasteiger partial charge is 0.309 e. The highest BCUT2D eigenvalue weighted by Gasteiger charge is 2.19. The van der Waals surface area contributed by atoms with Crippen molar-refractivity contribution < 1.29 is 0 Å². The molecule has 0 aliphatic heterocycles. The van der Waals surface area contributed by atoms with Gasteiger partial charge in [0.2, 0.25) is 0 Å². The van der Waals surface area contributed by atoms with Gasteiger partial charge >= 0.3 is 0 Å². The van der Waals surface area contributed by atoms with Crippen LogP contribution < -0.4 is 0 Å². The van der Waals surface area contributed by atoms with Gasteiger partial charge in [0, 0.05) is 32.9 Å². The summed E-state index contributed by atoms with van der Waals surface area (Å²) in [6.45, 7) is 0. The minimum Gasteiger partial charge on any atom is -0.309 e. The van der Waals surface area contributed by atoms with Gasteiger partial charge in [0.25, 0.3) is 0 Å². The molecule has 2 nitrogen and oxygen atoms in total. The minimum atomic E-state index is 1.14. The van der Waals surface area contributed by atoms with Crippen molar-refractivity contribution in [2.45, 2.75) is 0 Å². The van der Waals surface area contributed by atoms with E-state index in [-0.39, 0.29) is 0 Å². The molecule has 0 unspecified atom stereocenters. The molecule has 0 spiro atoms. The Kier molecular flexibility index (Phi) is 6.53. The van der Waals surface area contributed by atoms with Gasteiger partial charge in [0.05, 0.1) is 22.1 Å². The van der Waals surface area contributed by atoms with Crippen LogP contribution in [0.3, 0.4) is 0 Å². The predicted octanol–water partition coefficient (Wildman–Crippen LogP) is 12.9. The highest BCUT2D eigenvalue weighted by Crippen LogP contribution is 2.41. The van der Waals surface area contributed by atoms with Crippen LogP contribution in [0.15, 0.2) is 194 Å². The third-order valence-corrected chi connectivity index (χ3v) is 10.1. The maximum atomic E-state index is 2.43. The van der Waals surface area contributed by atoms with E-state index in [1.165, 1.54) is 77.0 Å². The standard InChI is InChI=1S/C48H32N2/c1-3-14-33(15-4-1)34-26-28-35(29-27-34)36-30-37(32-39(31-36)50-44-22-10-7-18-41(44)42-19-8-11-23-45(42)50)40-21-13-25-47-48(40)43-20-9-12-24-46(43)49(47)38-16-5-2-6-17-38/h1-32H. The van der Waals surface area contributed by atoms with Crippen LogP contribution in [0.2, 0.25) is 0 Å². The summed E-state index contributed by atoms with van der Waals surface area (Å²) in [6.07, 6.45) is 0. The number of fused-ring (bicyclic) bond motifs is 6. The molecule has 0 aliphatic rings. The average molecular weight is 637 g/mol. The van der Waals surface area contributed by atoms with Crippen LogP contribution in [0.5, 0.6) is 0 Å². The van der Waals surface area contributed by atoms with Crippen molar-refractivity contribution in [3.63, 3.8) is 0 Å². The first-order valence-electron chi connectivity index (χ1n) is 17.2. The summed E-state index contributed by atoms with van der Waals surface area (Å²) in [5.41, 5.74) is 14.3.